The monoisotopic (exact) mass is 299 g/mol. The maximum absolute atomic E-state index is 12.1. The van der Waals surface area contributed by atoms with Crippen LogP contribution in [0.25, 0.3) is 0 Å². The Hall–Kier alpha value is -0.850. The zero-order valence-electron chi connectivity index (χ0n) is 13.9. The first-order chi connectivity index (χ1) is 9.69. The molecular weight excluding hydrogens is 270 g/mol. The molecule has 6 heteroatoms. The Labute approximate surface area is 127 Å². The Morgan fingerprint density at radius 2 is 2.00 bits per heavy atom. The highest BCUT2D eigenvalue weighted by Crippen LogP contribution is 2.30. The van der Waals surface area contributed by atoms with Crippen molar-refractivity contribution in [3.8, 4) is 0 Å². The fraction of sp³-hybridized carbons (Fsp3) is 0.933. The molecular formula is C15H29N3O3. The van der Waals surface area contributed by atoms with Gasteiger partial charge in [0.2, 0.25) is 0 Å². The third kappa shape index (κ3) is 4.56. The molecule has 0 aliphatic carbocycles. The van der Waals surface area contributed by atoms with Gasteiger partial charge in [0.1, 0.15) is 11.3 Å². The number of amides is 1. The summed E-state index contributed by atoms with van der Waals surface area (Å²) in [5.74, 6) is 0. The Morgan fingerprint density at radius 1 is 1.38 bits per heavy atom. The Bertz CT molecular complexity index is 371. The number of likely N-dealkylation sites (N-methyl/N-ethyl adjacent to an activating group) is 1. The molecule has 0 saturated carbocycles. The summed E-state index contributed by atoms with van der Waals surface area (Å²) in [6.07, 6.45) is 1.64. The van der Waals surface area contributed by atoms with E-state index in [2.05, 4.69) is 24.3 Å². The molecule has 1 unspecified atom stereocenters. The van der Waals surface area contributed by atoms with Crippen molar-refractivity contribution in [2.45, 2.75) is 51.0 Å². The lowest BCUT2D eigenvalue weighted by Crippen LogP contribution is -2.53. The summed E-state index contributed by atoms with van der Waals surface area (Å²) < 4.78 is 11.6. The number of carbonyl (C=O) groups is 1. The highest BCUT2D eigenvalue weighted by Gasteiger charge is 2.43. The highest BCUT2D eigenvalue weighted by molar-refractivity contribution is 5.68. The molecule has 2 aliphatic rings. The number of hydrogen-bond acceptors (Lipinski definition) is 5. The SMILES string of the molecule is CN(C)CC1CNC2(CCN(C(=O)OC(C)(C)C)CC2)O1. The zero-order chi connectivity index (χ0) is 15.7. The van der Waals surface area contributed by atoms with Crippen LogP contribution in [-0.2, 0) is 9.47 Å². The predicted molar refractivity (Wildman–Crippen MR) is 81.2 cm³/mol. The zero-order valence-corrected chi connectivity index (χ0v) is 13.9. The normalized spacial score (nSPS) is 25.6. The summed E-state index contributed by atoms with van der Waals surface area (Å²) in [6, 6.07) is 0. The van der Waals surface area contributed by atoms with Gasteiger partial charge in [-0.1, -0.05) is 0 Å². The summed E-state index contributed by atoms with van der Waals surface area (Å²) >= 11 is 0. The van der Waals surface area contributed by atoms with Crippen LogP contribution < -0.4 is 5.32 Å². The molecule has 1 atom stereocenters. The predicted octanol–water partition coefficient (Wildman–Crippen LogP) is 1.26. The minimum atomic E-state index is -0.439. The molecule has 0 aromatic heterocycles. The van der Waals surface area contributed by atoms with Gasteiger partial charge in [0.15, 0.2) is 0 Å². The molecule has 2 saturated heterocycles. The van der Waals surface area contributed by atoms with E-state index in [0.717, 1.165) is 25.9 Å². The van der Waals surface area contributed by atoms with Crippen molar-refractivity contribution in [2.75, 3.05) is 40.3 Å². The van der Waals surface area contributed by atoms with Gasteiger partial charge in [-0.3, -0.25) is 5.32 Å². The topological polar surface area (TPSA) is 54.0 Å². The molecule has 1 N–H and O–H groups in total. The standard InChI is InChI=1S/C15H29N3O3/c1-14(2,3)21-13(19)18-8-6-15(7-9-18)16-10-12(20-15)11-17(4)5/h12,16H,6-11H2,1-5H3. The molecule has 2 rings (SSSR count). The van der Waals surface area contributed by atoms with Crippen LogP contribution in [0.2, 0.25) is 0 Å². The van der Waals surface area contributed by atoms with E-state index in [-0.39, 0.29) is 17.9 Å². The first-order valence-corrected chi connectivity index (χ1v) is 7.75. The summed E-state index contributed by atoms with van der Waals surface area (Å²) in [7, 11) is 4.11. The van der Waals surface area contributed by atoms with Crippen LogP contribution >= 0.6 is 0 Å². The quantitative estimate of drug-likeness (QED) is 0.832. The van der Waals surface area contributed by atoms with E-state index in [4.69, 9.17) is 9.47 Å². The number of rotatable bonds is 2. The van der Waals surface area contributed by atoms with Gasteiger partial charge in [0.05, 0.1) is 6.10 Å². The molecule has 2 heterocycles. The maximum Gasteiger partial charge on any atom is 0.410 e. The van der Waals surface area contributed by atoms with Gasteiger partial charge >= 0.3 is 6.09 Å². The van der Waals surface area contributed by atoms with Crippen molar-refractivity contribution < 1.29 is 14.3 Å². The maximum atomic E-state index is 12.1. The summed E-state index contributed by atoms with van der Waals surface area (Å²) in [6.45, 7) is 8.83. The molecule has 1 spiro atoms. The molecule has 0 aromatic rings. The van der Waals surface area contributed by atoms with Crippen molar-refractivity contribution in [1.29, 1.82) is 0 Å². The summed E-state index contributed by atoms with van der Waals surface area (Å²) in [5.41, 5.74) is -0.690. The van der Waals surface area contributed by atoms with Gasteiger partial charge in [-0.05, 0) is 34.9 Å². The van der Waals surface area contributed by atoms with Crippen LogP contribution in [0.1, 0.15) is 33.6 Å². The number of nitrogens with zero attached hydrogens (tertiary/aromatic N) is 2. The minimum absolute atomic E-state index is 0.222. The average molecular weight is 299 g/mol. The van der Waals surface area contributed by atoms with E-state index in [1.54, 1.807) is 4.90 Å². The summed E-state index contributed by atoms with van der Waals surface area (Å²) in [4.78, 5) is 16.0. The van der Waals surface area contributed by atoms with Crippen molar-refractivity contribution >= 4 is 6.09 Å². The highest BCUT2D eigenvalue weighted by atomic mass is 16.6. The molecule has 122 valence electrons. The smallest absolute Gasteiger partial charge is 0.410 e. The molecule has 21 heavy (non-hydrogen) atoms. The van der Waals surface area contributed by atoms with Crippen molar-refractivity contribution in [1.82, 2.24) is 15.1 Å². The minimum Gasteiger partial charge on any atom is -0.444 e. The number of nitrogens with one attached hydrogen (secondary N) is 1. The molecule has 2 fully saturated rings. The lowest BCUT2D eigenvalue weighted by molar-refractivity contribution is -0.0903. The van der Waals surface area contributed by atoms with Crippen molar-refractivity contribution in [2.24, 2.45) is 0 Å². The van der Waals surface area contributed by atoms with Gasteiger partial charge < -0.3 is 19.3 Å². The molecule has 0 bridgehead atoms. The largest absolute Gasteiger partial charge is 0.444 e. The number of likely N-dealkylation sites (tertiary alicyclic amines) is 1. The van der Waals surface area contributed by atoms with E-state index in [1.807, 2.05) is 20.8 Å². The van der Waals surface area contributed by atoms with Crippen LogP contribution in [0.4, 0.5) is 4.79 Å². The van der Waals surface area contributed by atoms with Gasteiger partial charge in [0.25, 0.3) is 0 Å². The number of carbonyl (C=O) groups excluding carboxylic acids is 1. The van der Waals surface area contributed by atoms with Gasteiger partial charge in [0, 0.05) is 39.0 Å². The number of piperidine rings is 1. The van der Waals surface area contributed by atoms with Crippen LogP contribution in [0.3, 0.4) is 0 Å². The van der Waals surface area contributed by atoms with Gasteiger partial charge in [-0.25, -0.2) is 4.79 Å². The number of ether oxygens (including phenoxy) is 2. The first kappa shape index (κ1) is 16.5. The lowest BCUT2D eigenvalue weighted by atomic mass is 10.0. The second-order valence-electron chi connectivity index (χ2n) is 7.34. The van der Waals surface area contributed by atoms with E-state index in [0.29, 0.717) is 13.1 Å². The molecule has 0 radical (unpaired) electrons. The van der Waals surface area contributed by atoms with Crippen molar-refractivity contribution in [3.05, 3.63) is 0 Å². The molecule has 0 aromatic carbocycles. The molecule has 1 amide bonds. The van der Waals surface area contributed by atoms with Gasteiger partial charge in [-0.2, -0.15) is 0 Å². The first-order valence-electron chi connectivity index (χ1n) is 7.75. The van der Waals surface area contributed by atoms with E-state index >= 15 is 0 Å². The van der Waals surface area contributed by atoms with Crippen LogP contribution in [-0.4, -0.2) is 73.6 Å². The van der Waals surface area contributed by atoms with E-state index < -0.39 is 5.60 Å². The third-order valence-corrected chi connectivity index (χ3v) is 3.84. The van der Waals surface area contributed by atoms with Crippen LogP contribution in [0, 0.1) is 0 Å². The van der Waals surface area contributed by atoms with Crippen LogP contribution in [0.15, 0.2) is 0 Å². The van der Waals surface area contributed by atoms with Crippen LogP contribution in [0.5, 0.6) is 0 Å². The molecule has 2 aliphatic heterocycles. The lowest BCUT2D eigenvalue weighted by Gasteiger charge is -2.39. The molecule has 6 nitrogen and oxygen atoms in total. The second-order valence-corrected chi connectivity index (χ2v) is 7.34. The Morgan fingerprint density at radius 3 is 2.52 bits per heavy atom. The fourth-order valence-corrected chi connectivity index (χ4v) is 2.88. The van der Waals surface area contributed by atoms with Crippen molar-refractivity contribution in [3.63, 3.8) is 0 Å². The fourth-order valence-electron chi connectivity index (χ4n) is 2.88. The number of hydrogen-bond donors (Lipinski definition) is 1. The Kier molecular flexibility index (Phi) is 4.80. The van der Waals surface area contributed by atoms with E-state index in [9.17, 15) is 4.79 Å². The second kappa shape index (κ2) is 6.10. The van der Waals surface area contributed by atoms with Gasteiger partial charge in [-0.15, -0.1) is 0 Å². The third-order valence-electron chi connectivity index (χ3n) is 3.84. The Balaban J connectivity index is 1.82. The van der Waals surface area contributed by atoms with E-state index in [1.165, 1.54) is 0 Å². The average Bonchev–Trinajstić information content (AvgIpc) is 2.70. The summed E-state index contributed by atoms with van der Waals surface area (Å²) in [5, 5.41) is 3.51.